The molecule has 7 heteroatoms. The molecular formula is C15H18N2O4S. The third kappa shape index (κ3) is 2.49. The molecule has 2 aliphatic rings. The van der Waals surface area contributed by atoms with Crippen LogP contribution in [-0.2, 0) is 9.59 Å². The lowest BCUT2D eigenvalue weighted by atomic mass is 10.1. The number of aryl methyl sites for hydroxylation is 1. The SMILES string of the molecule is Cc1ccc(C(=O)N2CCN(C(=O)C3(C(=O)O)CC3)CC2)s1. The average molecular weight is 322 g/mol. The van der Waals surface area contributed by atoms with Gasteiger partial charge in [-0.1, -0.05) is 0 Å². The van der Waals surface area contributed by atoms with Crippen molar-refractivity contribution < 1.29 is 19.5 Å². The molecule has 0 bridgehead atoms. The van der Waals surface area contributed by atoms with Crippen LogP contribution >= 0.6 is 11.3 Å². The highest BCUT2D eigenvalue weighted by Gasteiger charge is 2.58. The van der Waals surface area contributed by atoms with Crippen LogP contribution in [0.1, 0.15) is 27.4 Å². The van der Waals surface area contributed by atoms with Crippen molar-refractivity contribution >= 4 is 29.1 Å². The molecule has 1 aliphatic carbocycles. The van der Waals surface area contributed by atoms with Gasteiger partial charge < -0.3 is 14.9 Å². The molecule has 1 saturated carbocycles. The second-order valence-corrected chi connectivity index (χ2v) is 7.17. The van der Waals surface area contributed by atoms with Crippen molar-refractivity contribution in [2.75, 3.05) is 26.2 Å². The third-order valence-corrected chi connectivity index (χ3v) is 5.36. The topological polar surface area (TPSA) is 77.9 Å². The van der Waals surface area contributed by atoms with Gasteiger partial charge in [-0.25, -0.2) is 0 Å². The number of rotatable bonds is 3. The molecule has 0 unspecified atom stereocenters. The highest BCUT2D eigenvalue weighted by molar-refractivity contribution is 7.13. The summed E-state index contributed by atoms with van der Waals surface area (Å²) in [7, 11) is 0. The van der Waals surface area contributed by atoms with E-state index in [9.17, 15) is 19.5 Å². The first-order chi connectivity index (χ1) is 10.4. The lowest BCUT2D eigenvalue weighted by Crippen LogP contribution is -2.53. The quantitative estimate of drug-likeness (QED) is 0.849. The average Bonchev–Trinajstić information content (AvgIpc) is 3.22. The molecule has 1 saturated heterocycles. The highest BCUT2D eigenvalue weighted by atomic mass is 32.1. The Hall–Kier alpha value is -1.89. The summed E-state index contributed by atoms with van der Waals surface area (Å²) in [6.07, 6.45) is 0.851. The van der Waals surface area contributed by atoms with Gasteiger partial charge in [0.05, 0.1) is 4.88 Å². The lowest BCUT2D eigenvalue weighted by molar-refractivity contribution is -0.154. The summed E-state index contributed by atoms with van der Waals surface area (Å²) in [5.41, 5.74) is -1.18. The maximum absolute atomic E-state index is 12.3. The summed E-state index contributed by atoms with van der Waals surface area (Å²) in [6, 6.07) is 3.74. The largest absolute Gasteiger partial charge is 0.480 e. The molecular weight excluding hydrogens is 304 g/mol. The second-order valence-electron chi connectivity index (χ2n) is 5.88. The first-order valence-electron chi connectivity index (χ1n) is 7.32. The summed E-state index contributed by atoms with van der Waals surface area (Å²) < 4.78 is 0. The summed E-state index contributed by atoms with van der Waals surface area (Å²) in [5.74, 6) is -1.33. The molecule has 1 aliphatic heterocycles. The van der Waals surface area contributed by atoms with Gasteiger partial charge in [0.25, 0.3) is 5.91 Å². The molecule has 1 N–H and O–H groups in total. The zero-order chi connectivity index (χ0) is 15.9. The van der Waals surface area contributed by atoms with Gasteiger partial charge >= 0.3 is 5.97 Å². The Morgan fingerprint density at radius 3 is 2.14 bits per heavy atom. The number of hydrogen-bond donors (Lipinski definition) is 1. The predicted octanol–water partition coefficient (Wildman–Crippen LogP) is 1.21. The molecule has 0 aromatic carbocycles. The Labute approximate surface area is 132 Å². The summed E-state index contributed by atoms with van der Waals surface area (Å²) in [5, 5.41) is 9.19. The van der Waals surface area contributed by atoms with Crippen LogP contribution in [0.3, 0.4) is 0 Å². The van der Waals surface area contributed by atoms with E-state index in [0.717, 1.165) is 4.88 Å². The van der Waals surface area contributed by atoms with Crippen LogP contribution in [0, 0.1) is 12.3 Å². The van der Waals surface area contributed by atoms with Gasteiger partial charge in [0, 0.05) is 31.1 Å². The molecule has 2 amide bonds. The van der Waals surface area contributed by atoms with Crippen molar-refractivity contribution in [3.05, 3.63) is 21.9 Å². The first-order valence-corrected chi connectivity index (χ1v) is 8.14. The van der Waals surface area contributed by atoms with Gasteiger partial charge in [-0.3, -0.25) is 14.4 Å². The number of amides is 2. The van der Waals surface area contributed by atoms with E-state index in [1.54, 1.807) is 9.80 Å². The molecule has 1 aromatic heterocycles. The van der Waals surface area contributed by atoms with E-state index < -0.39 is 11.4 Å². The normalized spacial score (nSPS) is 19.9. The number of carbonyl (C=O) groups excluding carboxylic acids is 2. The van der Waals surface area contributed by atoms with Gasteiger partial charge in [0.1, 0.15) is 5.41 Å². The van der Waals surface area contributed by atoms with Crippen LogP contribution in [0.4, 0.5) is 0 Å². The van der Waals surface area contributed by atoms with Crippen molar-refractivity contribution in [2.45, 2.75) is 19.8 Å². The van der Waals surface area contributed by atoms with Crippen molar-refractivity contribution in [2.24, 2.45) is 5.41 Å². The molecule has 0 atom stereocenters. The molecule has 3 rings (SSSR count). The van der Waals surface area contributed by atoms with Crippen molar-refractivity contribution in [3.8, 4) is 0 Å². The second kappa shape index (κ2) is 5.39. The Balaban J connectivity index is 1.60. The van der Waals surface area contributed by atoms with Crippen LogP contribution in [0.5, 0.6) is 0 Å². The summed E-state index contributed by atoms with van der Waals surface area (Å²) in [6.45, 7) is 3.68. The van der Waals surface area contributed by atoms with Gasteiger partial charge in [0.15, 0.2) is 0 Å². The maximum atomic E-state index is 12.3. The van der Waals surface area contributed by atoms with Crippen molar-refractivity contribution in [1.82, 2.24) is 9.80 Å². The monoisotopic (exact) mass is 322 g/mol. The molecule has 2 fully saturated rings. The molecule has 1 aromatic rings. The zero-order valence-corrected chi connectivity index (χ0v) is 13.2. The third-order valence-electron chi connectivity index (χ3n) is 4.37. The fraction of sp³-hybridized carbons (Fsp3) is 0.533. The zero-order valence-electron chi connectivity index (χ0n) is 12.4. The standard InChI is InChI=1S/C15H18N2O4S/c1-10-2-3-11(22-10)12(18)16-6-8-17(9-7-16)13(19)15(4-5-15)14(20)21/h2-3H,4-9H2,1H3,(H,20,21). The van der Waals surface area contributed by atoms with E-state index in [-0.39, 0.29) is 11.8 Å². The smallest absolute Gasteiger partial charge is 0.319 e. The van der Waals surface area contributed by atoms with E-state index in [1.807, 2.05) is 19.1 Å². The lowest BCUT2D eigenvalue weighted by Gasteiger charge is -2.35. The molecule has 0 spiro atoms. The number of hydrogen-bond acceptors (Lipinski definition) is 4. The number of carboxylic acids is 1. The molecule has 0 radical (unpaired) electrons. The maximum Gasteiger partial charge on any atom is 0.319 e. The Morgan fingerprint density at radius 2 is 1.68 bits per heavy atom. The van der Waals surface area contributed by atoms with Crippen molar-refractivity contribution in [1.29, 1.82) is 0 Å². The van der Waals surface area contributed by atoms with E-state index in [4.69, 9.17) is 0 Å². The molecule has 6 nitrogen and oxygen atoms in total. The van der Waals surface area contributed by atoms with Gasteiger partial charge in [-0.05, 0) is 31.9 Å². The summed E-state index contributed by atoms with van der Waals surface area (Å²) in [4.78, 5) is 41.0. The van der Waals surface area contributed by atoms with Crippen LogP contribution < -0.4 is 0 Å². The minimum Gasteiger partial charge on any atom is -0.480 e. The summed E-state index contributed by atoms with van der Waals surface area (Å²) >= 11 is 1.47. The van der Waals surface area contributed by atoms with Crippen LogP contribution in [-0.4, -0.2) is 58.9 Å². The number of aliphatic carboxylic acids is 1. The number of thiophene rings is 1. The van der Waals surface area contributed by atoms with Crippen LogP contribution in [0.15, 0.2) is 12.1 Å². The fourth-order valence-electron chi connectivity index (χ4n) is 2.76. The minimum absolute atomic E-state index is 0.00966. The number of nitrogens with zero attached hydrogens (tertiary/aromatic N) is 2. The van der Waals surface area contributed by atoms with Gasteiger partial charge in [-0.2, -0.15) is 0 Å². The minimum atomic E-state index is -1.18. The first kappa shape index (κ1) is 15.0. The predicted molar refractivity (Wildman–Crippen MR) is 80.8 cm³/mol. The van der Waals surface area contributed by atoms with Crippen LogP contribution in [0.25, 0.3) is 0 Å². The fourth-order valence-corrected chi connectivity index (χ4v) is 3.60. The van der Waals surface area contributed by atoms with Crippen molar-refractivity contribution in [3.63, 3.8) is 0 Å². The highest BCUT2D eigenvalue weighted by Crippen LogP contribution is 2.47. The molecule has 118 valence electrons. The number of carboxylic acid groups (broad SMARTS) is 1. The molecule has 22 heavy (non-hydrogen) atoms. The van der Waals surface area contributed by atoms with Crippen LogP contribution in [0.2, 0.25) is 0 Å². The van der Waals surface area contributed by atoms with E-state index in [1.165, 1.54) is 11.3 Å². The van der Waals surface area contributed by atoms with Gasteiger partial charge in [0.2, 0.25) is 5.91 Å². The molecule has 2 heterocycles. The Bertz CT molecular complexity index is 627. The van der Waals surface area contributed by atoms with E-state index in [0.29, 0.717) is 43.9 Å². The number of carbonyl (C=O) groups is 3. The number of piperazine rings is 1. The van der Waals surface area contributed by atoms with E-state index in [2.05, 4.69) is 0 Å². The Morgan fingerprint density at radius 1 is 1.09 bits per heavy atom. The Kier molecular flexibility index (Phi) is 3.68. The van der Waals surface area contributed by atoms with Gasteiger partial charge in [-0.15, -0.1) is 11.3 Å². The van der Waals surface area contributed by atoms with E-state index >= 15 is 0 Å².